The Bertz CT molecular complexity index is 596. The topological polar surface area (TPSA) is 72.7 Å². The largest absolute Gasteiger partial charge is 0.497 e. The molecule has 0 radical (unpaired) electrons. The molecule has 0 amide bonds. The van der Waals surface area contributed by atoms with Crippen molar-refractivity contribution in [3.63, 3.8) is 0 Å². The van der Waals surface area contributed by atoms with E-state index >= 15 is 0 Å². The summed E-state index contributed by atoms with van der Waals surface area (Å²) in [6, 6.07) is 8.01. The fourth-order valence-electron chi connectivity index (χ4n) is 2.32. The van der Waals surface area contributed by atoms with Gasteiger partial charge in [0.05, 0.1) is 20.3 Å². The highest BCUT2D eigenvalue weighted by atomic mass is 16.5. The average Bonchev–Trinajstić information content (AvgIpc) is 3.05. The van der Waals surface area contributed by atoms with E-state index in [1.807, 2.05) is 24.3 Å². The van der Waals surface area contributed by atoms with Crippen molar-refractivity contribution in [1.82, 2.24) is 15.0 Å². The summed E-state index contributed by atoms with van der Waals surface area (Å²) in [7, 11) is 1.63. The smallest absolute Gasteiger partial charge is 0.321 e. The molecule has 1 N–H and O–H groups in total. The second-order valence-corrected chi connectivity index (χ2v) is 5.04. The zero-order valence-electron chi connectivity index (χ0n) is 12.6. The quantitative estimate of drug-likeness (QED) is 0.866. The molecular formula is C15H20N4O3. The zero-order valence-corrected chi connectivity index (χ0v) is 12.6. The standard InChI is InChI=1S/C15H20N4O3/c1-20-13-4-2-3-12(11-13)14-17-15(22-18-14)16-5-6-19-7-9-21-10-8-19/h2-4,11H,5-10H2,1H3,(H,16,17,18). The Morgan fingerprint density at radius 1 is 1.32 bits per heavy atom. The van der Waals surface area contributed by atoms with Gasteiger partial charge >= 0.3 is 6.01 Å². The molecule has 1 aromatic heterocycles. The van der Waals surface area contributed by atoms with Crippen LogP contribution in [0.4, 0.5) is 6.01 Å². The molecule has 0 bridgehead atoms. The van der Waals surface area contributed by atoms with Crippen molar-refractivity contribution in [2.24, 2.45) is 0 Å². The van der Waals surface area contributed by atoms with E-state index in [2.05, 4.69) is 20.4 Å². The maximum absolute atomic E-state index is 5.32. The van der Waals surface area contributed by atoms with Crippen LogP contribution in [0.15, 0.2) is 28.8 Å². The van der Waals surface area contributed by atoms with Crippen LogP contribution in [0.5, 0.6) is 5.75 Å². The van der Waals surface area contributed by atoms with Crippen LogP contribution in [-0.2, 0) is 4.74 Å². The van der Waals surface area contributed by atoms with Crippen LogP contribution >= 0.6 is 0 Å². The van der Waals surface area contributed by atoms with E-state index in [-0.39, 0.29) is 0 Å². The molecule has 7 nitrogen and oxygen atoms in total. The Labute approximate surface area is 129 Å². The second kappa shape index (κ2) is 7.24. The van der Waals surface area contributed by atoms with Gasteiger partial charge in [0.1, 0.15) is 5.75 Å². The number of hydrogen-bond acceptors (Lipinski definition) is 7. The molecule has 7 heteroatoms. The van der Waals surface area contributed by atoms with Crippen molar-refractivity contribution in [3.05, 3.63) is 24.3 Å². The number of ether oxygens (including phenoxy) is 2. The van der Waals surface area contributed by atoms with Crippen molar-refractivity contribution in [3.8, 4) is 17.1 Å². The normalized spacial score (nSPS) is 15.7. The van der Waals surface area contributed by atoms with Gasteiger partial charge in [-0.3, -0.25) is 4.90 Å². The average molecular weight is 304 g/mol. The zero-order chi connectivity index (χ0) is 15.2. The van der Waals surface area contributed by atoms with Crippen LogP contribution in [0.1, 0.15) is 0 Å². The number of benzene rings is 1. The van der Waals surface area contributed by atoms with Crippen LogP contribution in [0, 0.1) is 0 Å². The number of aromatic nitrogens is 2. The first kappa shape index (κ1) is 14.8. The van der Waals surface area contributed by atoms with E-state index in [4.69, 9.17) is 14.0 Å². The van der Waals surface area contributed by atoms with Gasteiger partial charge in [0, 0.05) is 31.7 Å². The molecule has 1 aliphatic rings. The lowest BCUT2D eigenvalue weighted by Crippen LogP contribution is -2.39. The summed E-state index contributed by atoms with van der Waals surface area (Å²) in [6.07, 6.45) is 0. The number of methoxy groups -OCH3 is 1. The lowest BCUT2D eigenvalue weighted by molar-refractivity contribution is 0.0398. The molecule has 0 atom stereocenters. The number of rotatable bonds is 6. The minimum absolute atomic E-state index is 0.436. The summed E-state index contributed by atoms with van der Waals surface area (Å²) in [5, 5.41) is 7.15. The van der Waals surface area contributed by atoms with Gasteiger partial charge in [0.25, 0.3) is 0 Å². The summed E-state index contributed by atoms with van der Waals surface area (Å²) >= 11 is 0. The van der Waals surface area contributed by atoms with E-state index in [0.29, 0.717) is 11.8 Å². The van der Waals surface area contributed by atoms with E-state index < -0.39 is 0 Å². The second-order valence-electron chi connectivity index (χ2n) is 5.04. The van der Waals surface area contributed by atoms with Crippen molar-refractivity contribution < 1.29 is 14.0 Å². The lowest BCUT2D eigenvalue weighted by atomic mass is 10.2. The monoisotopic (exact) mass is 304 g/mol. The number of nitrogens with one attached hydrogen (secondary N) is 1. The van der Waals surface area contributed by atoms with Crippen LogP contribution in [0.25, 0.3) is 11.4 Å². The third-order valence-corrected chi connectivity index (χ3v) is 3.56. The highest BCUT2D eigenvalue weighted by molar-refractivity contribution is 5.57. The van der Waals surface area contributed by atoms with Crippen LogP contribution in [0.3, 0.4) is 0 Å². The number of nitrogens with zero attached hydrogens (tertiary/aromatic N) is 3. The van der Waals surface area contributed by atoms with Crippen molar-refractivity contribution in [2.75, 3.05) is 51.8 Å². The number of hydrogen-bond donors (Lipinski definition) is 1. The van der Waals surface area contributed by atoms with Gasteiger partial charge in [-0.15, -0.1) is 0 Å². The van der Waals surface area contributed by atoms with Gasteiger partial charge in [-0.1, -0.05) is 17.3 Å². The van der Waals surface area contributed by atoms with E-state index in [0.717, 1.165) is 50.7 Å². The summed E-state index contributed by atoms with van der Waals surface area (Å²) in [4.78, 5) is 6.69. The van der Waals surface area contributed by atoms with Crippen LogP contribution < -0.4 is 10.1 Å². The minimum Gasteiger partial charge on any atom is -0.497 e. The molecule has 1 aromatic carbocycles. The third kappa shape index (κ3) is 3.75. The molecular weight excluding hydrogens is 284 g/mol. The Kier molecular flexibility index (Phi) is 4.87. The first-order valence-electron chi connectivity index (χ1n) is 7.37. The summed E-state index contributed by atoms with van der Waals surface area (Å²) in [6.45, 7) is 5.25. The molecule has 2 heterocycles. The molecule has 0 aliphatic carbocycles. The van der Waals surface area contributed by atoms with Gasteiger partial charge in [-0.2, -0.15) is 4.98 Å². The fraction of sp³-hybridized carbons (Fsp3) is 0.467. The molecule has 0 unspecified atom stereocenters. The van der Waals surface area contributed by atoms with Gasteiger partial charge in [-0.05, 0) is 12.1 Å². The SMILES string of the molecule is COc1cccc(-c2noc(NCCN3CCOCC3)n2)c1. The van der Waals surface area contributed by atoms with Crippen molar-refractivity contribution in [2.45, 2.75) is 0 Å². The fourth-order valence-corrected chi connectivity index (χ4v) is 2.32. The van der Waals surface area contributed by atoms with Gasteiger partial charge in [0.2, 0.25) is 5.82 Å². The molecule has 0 saturated carbocycles. The molecule has 0 spiro atoms. The van der Waals surface area contributed by atoms with Gasteiger partial charge in [0.15, 0.2) is 0 Å². The first-order chi connectivity index (χ1) is 10.8. The van der Waals surface area contributed by atoms with Crippen molar-refractivity contribution in [1.29, 1.82) is 0 Å². The molecule has 2 aromatic rings. The minimum atomic E-state index is 0.436. The number of morpholine rings is 1. The summed E-state index contributed by atoms with van der Waals surface area (Å²) < 4.78 is 15.7. The highest BCUT2D eigenvalue weighted by Gasteiger charge is 2.11. The van der Waals surface area contributed by atoms with E-state index in [9.17, 15) is 0 Å². The molecule has 1 fully saturated rings. The van der Waals surface area contributed by atoms with Gasteiger partial charge < -0.3 is 19.3 Å². The number of anilines is 1. The Balaban J connectivity index is 1.54. The van der Waals surface area contributed by atoms with E-state index in [1.165, 1.54) is 0 Å². The lowest BCUT2D eigenvalue weighted by Gasteiger charge is -2.26. The highest BCUT2D eigenvalue weighted by Crippen LogP contribution is 2.22. The molecule has 22 heavy (non-hydrogen) atoms. The predicted molar refractivity (Wildman–Crippen MR) is 82.0 cm³/mol. The first-order valence-corrected chi connectivity index (χ1v) is 7.37. The Hall–Kier alpha value is -2.12. The third-order valence-electron chi connectivity index (χ3n) is 3.56. The van der Waals surface area contributed by atoms with Crippen molar-refractivity contribution >= 4 is 6.01 Å². The van der Waals surface area contributed by atoms with Crippen LogP contribution in [0.2, 0.25) is 0 Å². The van der Waals surface area contributed by atoms with Gasteiger partial charge in [-0.25, -0.2) is 0 Å². The molecule has 3 rings (SSSR count). The molecule has 1 aliphatic heterocycles. The summed E-state index contributed by atoms with van der Waals surface area (Å²) in [5.74, 6) is 1.32. The molecule has 118 valence electrons. The predicted octanol–water partition coefficient (Wildman–Crippen LogP) is 1.49. The Morgan fingerprint density at radius 2 is 2.18 bits per heavy atom. The van der Waals surface area contributed by atoms with E-state index in [1.54, 1.807) is 7.11 Å². The maximum Gasteiger partial charge on any atom is 0.321 e. The maximum atomic E-state index is 5.32. The van der Waals surface area contributed by atoms with Crippen LogP contribution in [-0.4, -0.2) is 61.5 Å². The summed E-state index contributed by atoms with van der Waals surface area (Å²) in [5.41, 5.74) is 0.865. The molecule has 1 saturated heterocycles. The Morgan fingerprint density at radius 3 is 3.00 bits per heavy atom.